The number of benzene rings is 1. The van der Waals surface area contributed by atoms with Gasteiger partial charge in [-0.1, -0.05) is 31.2 Å². The van der Waals surface area contributed by atoms with Crippen LogP contribution in [0.3, 0.4) is 0 Å². The molecule has 1 fully saturated rings. The van der Waals surface area contributed by atoms with E-state index in [1.807, 2.05) is 0 Å². The molecule has 1 aliphatic carbocycles. The molecular formula is C17H26N2. The lowest BCUT2D eigenvalue weighted by atomic mass is 9.83. The van der Waals surface area contributed by atoms with Gasteiger partial charge in [-0.3, -0.25) is 4.90 Å². The van der Waals surface area contributed by atoms with Gasteiger partial charge in [0.1, 0.15) is 0 Å². The van der Waals surface area contributed by atoms with E-state index in [0.717, 1.165) is 12.5 Å². The van der Waals surface area contributed by atoms with Crippen LogP contribution in [0.5, 0.6) is 0 Å². The molecule has 2 aliphatic rings. The van der Waals surface area contributed by atoms with Gasteiger partial charge >= 0.3 is 0 Å². The molecule has 19 heavy (non-hydrogen) atoms. The number of fused-ring (bicyclic) bond motifs is 1. The Morgan fingerprint density at radius 1 is 1.21 bits per heavy atom. The minimum absolute atomic E-state index is 0.601. The molecule has 1 aromatic rings. The lowest BCUT2D eigenvalue weighted by molar-refractivity contribution is 0.0557. The highest BCUT2D eigenvalue weighted by molar-refractivity contribution is 5.30. The molecule has 1 aliphatic heterocycles. The minimum atomic E-state index is 0.601. The van der Waals surface area contributed by atoms with Crippen molar-refractivity contribution in [1.82, 2.24) is 4.90 Å². The topological polar surface area (TPSA) is 29.3 Å². The first-order valence-electron chi connectivity index (χ1n) is 7.82. The number of nitrogens with two attached hydrogens (primary N) is 1. The second kappa shape index (κ2) is 5.64. The van der Waals surface area contributed by atoms with Crippen molar-refractivity contribution in [3.8, 4) is 0 Å². The summed E-state index contributed by atoms with van der Waals surface area (Å²) in [5, 5.41) is 0. The maximum absolute atomic E-state index is 6.04. The Hall–Kier alpha value is -0.860. The molecule has 3 unspecified atom stereocenters. The quantitative estimate of drug-likeness (QED) is 0.883. The predicted octanol–water partition coefficient (Wildman–Crippen LogP) is 2.60. The van der Waals surface area contributed by atoms with Gasteiger partial charge in [-0.15, -0.1) is 0 Å². The Kier molecular flexibility index (Phi) is 3.90. The molecule has 2 heteroatoms. The lowest BCUT2D eigenvalue weighted by Crippen LogP contribution is -2.54. The zero-order valence-electron chi connectivity index (χ0n) is 12.0. The fourth-order valence-electron chi connectivity index (χ4n) is 4.06. The predicted molar refractivity (Wildman–Crippen MR) is 80.2 cm³/mol. The maximum Gasteiger partial charge on any atom is 0.0247 e. The zero-order valence-corrected chi connectivity index (χ0v) is 12.0. The molecule has 0 radical (unpaired) electrons. The molecule has 104 valence electrons. The third-order valence-electron chi connectivity index (χ3n) is 5.19. The molecule has 1 heterocycles. The summed E-state index contributed by atoms with van der Waals surface area (Å²) in [4.78, 5) is 2.73. The Balaban J connectivity index is 1.76. The first-order valence-corrected chi connectivity index (χ1v) is 7.82. The van der Waals surface area contributed by atoms with Crippen molar-refractivity contribution in [1.29, 1.82) is 0 Å². The summed E-state index contributed by atoms with van der Waals surface area (Å²) in [6, 6.07) is 10.3. The first kappa shape index (κ1) is 13.1. The second-order valence-corrected chi connectivity index (χ2v) is 6.33. The Bertz CT molecular complexity index is 429. The van der Waals surface area contributed by atoms with Crippen LogP contribution in [0, 0.1) is 5.92 Å². The monoisotopic (exact) mass is 258 g/mol. The van der Waals surface area contributed by atoms with Crippen LogP contribution in [-0.4, -0.2) is 30.1 Å². The van der Waals surface area contributed by atoms with E-state index in [1.54, 1.807) is 11.1 Å². The van der Waals surface area contributed by atoms with Gasteiger partial charge in [0.15, 0.2) is 0 Å². The summed E-state index contributed by atoms with van der Waals surface area (Å²) in [5.41, 5.74) is 9.17. The van der Waals surface area contributed by atoms with Crippen LogP contribution in [-0.2, 0) is 12.8 Å². The summed E-state index contributed by atoms with van der Waals surface area (Å²) in [6.45, 7) is 4.44. The van der Waals surface area contributed by atoms with Crippen molar-refractivity contribution in [2.75, 3.05) is 13.1 Å². The van der Waals surface area contributed by atoms with Crippen molar-refractivity contribution in [2.24, 2.45) is 11.7 Å². The van der Waals surface area contributed by atoms with Crippen LogP contribution in [0.4, 0.5) is 0 Å². The lowest BCUT2D eigenvalue weighted by Gasteiger charge is -2.45. The van der Waals surface area contributed by atoms with Gasteiger partial charge in [0, 0.05) is 18.6 Å². The standard InChI is InChI=1S/C17H26N2/c1-13-5-4-10-19(17(13)12-18)16-9-8-14-6-2-3-7-15(14)11-16/h2-3,6-7,13,16-17H,4-5,8-12,18H2,1H3. The van der Waals surface area contributed by atoms with E-state index in [-0.39, 0.29) is 0 Å². The Labute approximate surface area is 117 Å². The third kappa shape index (κ3) is 2.56. The van der Waals surface area contributed by atoms with Crippen molar-refractivity contribution in [2.45, 2.75) is 51.1 Å². The highest BCUT2D eigenvalue weighted by Gasteiger charge is 2.33. The molecule has 1 saturated heterocycles. The van der Waals surface area contributed by atoms with Gasteiger partial charge in [-0.25, -0.2) is 0 Å². The summed E-state index contributed by atoms with van der Waals surface area (Å²) in [6.07, 6.45) is 6.46. The fourth-order valence-corrected chi connectivity index (χ4v) is 4.06. The molecule has 0 bridgehead atoms. The molecule has 0 spiro atoms. The number of piperidine rings is 1. The number of rotatable bonds is 2. The molecule has 2 nitrogen and oxygen atoms in total. The maximum atomic E-state index is 6.04. The smallest absolute Gasteiger partial charge is 0.0247 e. The van der Waals surface area contributed by atoms with Crippen LogP contribution >= 0.6 is 0 Å². The largest absolute Gasteiger partial charge is 0.329 e. The molecule has 1 aromatic carbocycles. The molecule has 0 aromatic heterocycles. The fraction of sp³-hybridized carbons (Fsp3) is 0.647. The van der Waals surface area contributed by atoms with Gasteiger partial charge in [-0.05, 0) is 55.7 Å². The third-order valence-corrected chi connectivity index (χ3v) is 5.19. The van der Waals surface area contributed by atoms with Crippen molar-refractivity contribution >= 4 is 0 Å². The van der Waals surface area contributed by atoms with Gasteiger partial charge < -0.3 is 5.73 Å². The molecule has 0 amide bonds. The van der Waals surface area contributed by atoms with Gasteiger partial charge in [0.2, 0.25) is 0 Å². The van der Waals surface area contributed by atoms with Gasteiger partial charge in [-0.2, -0.15) is 0 Å². The van der Waals surface area contributed by atoms with E-state index in [1.165, 1.54) is 38.6 Å². The number of hydrogen-bond acceptors (Lipinski definition) is 2. The number of aryl methyl sites for hydroxylation is 1. The Morgan fingerprint density at radius 3 is 2.79 bits per heavy atom. The molecule has 0 saturated carbocycles. The average molecular weight is 258 g/mol. The van der Waals surface area contributed by atoms with Crippen LogP contribution < -0.4 is 5.73 Å². The summed E-state index contributed by atoms with van der Waals surface area (Å²) in [7, 11) is 0. The number of likely N-dealkylation sites (tertiary alicyclic amines) is 1. The van der Waals surface area contributed by atoms with Crippen LogP contribution in [0.1, 0.15) is 37.3 Å². The van der Waals surface area contributed by atoms with Crippen molar-refractivity contribution in [3.63, 3.8) is 0 Å². The van der Waals surface area contributed by atoms with Gasteiger partial charge in [0.25, 0.3) is 0 Å². The SMILES string of the molecule is CC1CCCN(C2CCc3ccccc3C2)C1CN. The van der Waals surface area contributed by atoms with Crippen LogP contribution in [0.2, 0.25) is 0 Å². The highest BCUT2D eigenvalue weighted by Crippen LogP contribution is 2.30. The van der Waals surface area contributed by atoms with Crippen molar-refractivity contribution in [3.05, 3.63) is 35.4 Å². The van der Waals surface area contributed by atoms with E-state index in [9.17, 15) is 0 Å². The second-order valence-electron chi connectivity index (χ2n) is 6.33. The minimum Gasteiger partial charge on any atom is -0.329 e. The van der Waals surface area contributed by atoms with Gasteiger partial charge in [0.05, 0.1) is 0 Å². The molecule has 2 N–H and O–H groups in total. The first-order chi connectivity index (χ1) is 9.29. The summed E-state index contributed by atoms with van der Waals surface area (Å²) in [5.74, 6) is 0.760. The molecular weight excluding hydrogens is 232 g/mol. The molecule has 3 atom stereocenters. The van der Waals surface area contributed by atoms with Crippen molar-refractivity contribution < 1.29 is 0 Å². The van der Waals surface area contributed by atoms with E-state index in [0.29, 0.717) is 12.1 Å². The number of hydrogen-bond donors (Lipinski definition) is 1. The van der Waals surface area contributed by atoms with E-state index in [4.69, 9.17) is 5.73 Å². The summed E-state index contributed by atoms with van der Waals surface area (Å²) < 4.78 is 0. The normalized spacial score (nSPS) is 32.0. The van der Waals surface area contributed by atoms with E-state index in [2.05, 4.69) is 36.1 Å². The number of nitrogens with zero attached hydrogens (tertiary/aromatic N) is 1. The zero-order chi connectivity index (χ0) is 13.2. The highest BCUT2D eigenvalue weighted by atomic mass is 15.2. The van der Waals surface area contributed by atoms with E-state index < -0.39 is 0 Å². The molecule has 3 rings (SSSR count). The van der Waals surface area contributed by atoms with E-state index >= 15 is 0 Å². The van der Waals surface area contributed by atoms with Crippen LogP contribution in [0.15, 0.2) is 24.3 Å². The van der Waals surface area contributed by atoms with Crippen LogP contribution in [0.25, 0.3) is 0 Å². The average Bonchev–Trinajstić information content (AvgIpc) is 2.46. The summed E-state index contributed by atoms with van der Waals surface area (Å²) >= 11 is 0. The Morgan fingerprint density at radius 2 is 2.00 bits per heavy atom.